The van der Waals surface area contributed by atoms with E-state index in [1.54, 1.807) is 0 Å². The Labute approximate surface area is 61.8 Å². The number of carbonyl (C=O) groups excluding carboxylic acids is 1. The molecule has 0 fully saturated rings. The Morgan fingerprint density at radius 2 is 2.10 bits per heavy atom. The second-order valence-corrected chi connectivity index (χ2v) is 2.62. The lowest BCUT2D eigenvalue weighted by atomic mass is 10.2. The van der Waals surface area contributed by atoms with E-state index in [1.807, 2.05) is 12.2 Å². The van der Waals surface area contributed by atoms with Gasteiger partial charge in [-0.25, -0.2) is 4.42 Å². The zero-order valence-corrected chi connectivity index (χ0v) is 6.77. The summed E-state index contributed by atoms with van der Waals surface area (Å²) in [7, 11) is 0. The van der Waals surface area contributed by atoms with Crippen molar-refractivity contribution in [3.8, 4) is 0 Å². The van der Waals surface area contributed by atoms with Gasteiger partial charge in [0.05, 0.1) is 12.5 Å². The molecule has 1 aliphatic heterocycles. The predicted molar refractivity (Wildman–Crippen MR) is 42.8 cm³/mol. The van der Waals surface area contributed by atoms with Crippen molar-refractivity contribution in [1.29, 1.82) is 0 Å². The van der Waals surface area contributed by atoms with Crippen molar-refractivity contribution in [1.82, 2.24) is 0 Å². The number of hydrogen-bond acceptors (Lipinski definition) is 0. The summed E-state index contributed by atoms with van der Waals surface area (Å²) in [5.41, 5.74) is 1.24. The number of allylic oxidation sites excluding steroid dienone is 3. The number of hydrogen-bond donors (Lipinski definition) is 0. The minimum Gasteiger partial charge on any atom is -0.213 e. The summed E-state index contributed by atoms with van der Waals surface area (Å²) in [4.78, 5) is 0. The maximum Gasteiger partial charge on any atom is 0.351 e. The van der Waals surface area contributed by atoms with Crippen LogP contribution in [-0.2, 0) is 4.42 Å². The summed E-state index contributed by atoms with van der Waals surface area (Å²) >= 11 is 0. The Bertz CT molecular complexity index is 215. The van der Waals surface area contributed by atoms with Gasteiger partial charge in [0.1, 0.15) is 0 Å². The average Bonchev–Trinajstić information content (AvgIpc) is 2.34. The van der Waals surface area contributed by atoms with E-state index >= 15 is 0 Å². The molecule has 0 aromatic carbocycles. The molecule has 1 rings (SSSR count). The molecule has 1 aliphatic rings. The van der Waals surface area contributed by atoms with Gasteiger partial charge in [-0.15, -0.1) is 0 Å². The molecule has 0 aromatic rings. The molecular weight excluding hydrogens is 124 g/mol. The second kappa shape index (κ2) is 2.82. The minimum atomic E-state index is 0.979. The maximum absolute atomic E-state index is 5.46. The van der Waals surface area contributed by atoms with E-state index in [1.165, 1.54) is 5.57 Å². The van der Waals surface area contributed by atoms with Crippen molar-refractivity contribution in [3.63, 3.8) is 0 Å². The van der Waals surface area contributed by atoms with Gasteiger partial charge < -0.3 is 0 Å². The van der Waals surface area contributed by atoms with Gasteiger partial charge in [-0.3, -0.25) is 0 Å². The quantitative estimate of drug-likeness (QED) is 0.491. The van der Waals surface area contributed by atoms with Gasteiger partial charge in [-0.05, 0) is 13.8 Å². The summed E-state index contributed by atoms with van der Waals surface area (Å²) in [6, 6.07) is 0. The van der Waals surface area contributed by atoms with E-state index in [9.17, 15) is 0 Å². The van der Waals surface area contributed by atoms with Crippen LogP contribution in [0, 0.1) is 0 Å². The minimum absolute atomic E-state index is 0.979. The Morgan fingerprint density at radius 3 is 2.40 bits per heavy atom. The van der Waals surface area contributed by atoms with Gasteiger partial charge in [-0.2, -0.15) is 0 Å². The fraction of sp³-hybridized carbons (Fsp3) is 0.444. The number of ketones is 1. The van der Waals surface area contributed by atoms with Crippen molar-refractivity contribution >= 4 is 5.78 Å². The first-order valence-electron chi connectivity index (χ1n) is 3.63. The van der Waals surface area contributed by atoms with Crippen molar-refractivity contribution in [2.24, 2.45) is 0 Å². The third-order valence-corrected chi connectivity index (χ3v) is 1.50. The summed E-state index contributed by atoms with van der Waals surface area (Å²) in [5, 5.41) is 0. The maximum atomic E-state index is 5.46. The smallest absolute Gasteiger partial charge is 0.213 e. The molecule has 1 heterocycles. The fourth-order valence-electron chi connectivity index (χ4n) is 0.837. The topological polar surface area (TPSA) is 11.3 Å². The molecule has 0 spiro atoms. The highest BCUT2D eigenvalue weighted by Gasteiger charge is 2.17. The molecule has 54 valence electrons. The molecule has 0 saturated carbocycles. The molecule has 0 saturated heterocycles. The zero-order valence-electron chi connectivity index (χ0n) is 6.77. The lowest BCUT2D eigenvalue weighted by molar-refractivity contribution is -0.388. The Kier molecular flexibility index (Phi) is 2.05. The van der Waals surface area contributed by atoms with Gasteiger partial charge in [0.2, 0.25) is 0 Å². The molecule has 0 bridgehead atoms. The van der Waals surface area contributed by atoms with Gasteiger partial charge in [0, 0.05) is 11.6 Å². The molecule has 0 aliphatic carbocycles. The van der Waals surface area contributed by atoms with Crippen LogP contribution < -0.4 is 0 Å². The van der Waals surface area contributed by atoms with E-state index in [4.69, 9.17) is 4.42 Å². The second-order valence-electron chi connectivity index (χ2n) is 2.62. The predicted octanol–water partition coefficient (Wildman–Crippen LogP) is 2.36. The summed E-state index contributed by atoms with van der Waals surface area (Å²) < 4.78 is 5.46. The molecule has 10 heavy (non-hydrogen) atoms. The Morgan fingerprint density at radius 1 is 1.40 bits per heavy atom. The average molecular weight is 137 g/mol. The first-order valence-corrected chi connectivity index (χ1v) is 3.63. The van der Waals surface area contributed by atoms with Crippen molar-refractivity contribution in [2.75, 3.05) is 0 Å². The molecule has 0 amide bonds. The molecule has 0 aromatic heterocycles. The first-order chi connectivity index (χ1) is 4.74. The largest absolute Gasteiger partial charge is 0.351 e. The van der Waals surface area contributed by atoms with Crippen LogP contribution in [-0.4, -0.2) is 5.78 Å². The Hall–Kier alpha value is -0.850. The summed E-state index contributed by atoms with van der Waals surface area (Å²) in [6.07, 6.45) is 5.03. The van der Waals surface area contributed by atoms with Gasteiger partial charge in [0.15, 0.2) is 0 Å². The van der Waals surface area contributed by atoms with Gasteiger partial charge in [-0.1, -0.05) is 6.92 Å². The molecule has 1 nitrogen and oxygen atoms in total. The van der Waals surface area contributed by atoms with Gasteiger partial charge in [0.25, 0.3) is 0 Å². The van der Waals surface area contributed by atoms with E-state index in [-0.39, 0.29) is 0 Å². The molecule has 0 unspecified atom stereocenters. The standard InChI is InChI=1S/C9H13O/c1-4-8-5-6-9(10-8)7(2)3/h5-6H,4H2,1-3H3/q+1. The first kappa shape index (κ1) is 7.26. The van der Waals surface area contributed by atoms with Crippen LogP contribution >= 0.6 is 0 Å². The van der Waals surface area contributed by atoms with Crippen molar-refractivity contribution < 1.29 is 4.42 Å². The van der Waals surface area contributed by atoms with Crippen LogP contribution in [0.15, 0.2) is 23.5 Å². The van der Waals surface area contributed by atoms with Crippen LogP contribution in [0.2, 0.25) is 0 Å². The molecular formula is C9H13O+. The van der Waals surface area contributed by atoms with Crippen LogP contribution in [0.25, 0.3) is 0 Å². The van der Waals surface area contributed by atoms with E-state index in [2.05, 4.69) is 20.8 Å². The van der Waals surface area contributed by atoms with E-state index < -0.39 is 0 Å². The van der Waals surface area contributed by atoms with Crippen LogP contribution in [0.4, 0.5) is 0 Å². The summed E-state index contributed by atoms with van der Waals surface area (Å²) in [6.45, 7) is 6.20. The normalized spacial score (nSPS) is 15.9. The van der Waals surface area contributed by atoms with E-state index in [0.717, 1.165) is 18.0 Å². The van der Waals surface area contributed by atoms with Gasteiger partial charge >= 0.3 is 11.5 Å². The Balaban J connectivity index is 2.85. The lowest BCUT2D eigenvalue weighted by Crippen LogP contribution is -1.88. The zero-order chi connectivity index (χ0) is 7.56. The van der Waals surface area contributed by atoms with Crippen LogP contribution in [0.1, 0.15) is 27.2 Å². The summed E-state index contributed by atoms with van der Waals surface area (Å²) in [5.74, 6) is 2.08. The third kappa shape index (κ3) is 1.35. The molecule has 0 N–H and O–H groups in total. The lowest BCUT2D eigenvalue weighted by Gasteiger charge is -1.78. The van der Waals surface area contributed by atoms with Crippen LogP contribution in [0.5, 0.6) is 0 Å². The highest BCUT2D eigenvalue weighted by molar-refractivity contribution is 5.91. The highest BCUT2D eigenvalue weighted by atomic mass is 16.4. The molecule has 0 atom stereocenters. The fourth-order valence-corrected chi connectivity index (χ4v) is 0.837. The monoisotopic (exact) mass is 137 g/mol. The number of rotatable bonds is 1. The third-order valence-electron chi connectivity index (χ3n) is 1.50. The highest BCUT2D eigenvalue weighted by Crippen LogP contribution is 2.09. The SMILES string of the molecule is CCC1=[O+]C(=C(C)C)C=C1. The van der Waals surface area contributed by atoms with Crippen molar-refractivity contribution in [2.45, 2.75) is 27.2 Å². The van der Waals surface area contributed by atoms with E-state index in [0.29, 0.717) is 0 Å². The van der Waals surface area contributed by atoms with Crippen LogP contribution in [0.3, 0.4) is 0 Å². The van der Waals surface area contributed by atoms with Crippen molar-refractivity contribution in [3.05, 3.63) is 23.5 Å². The molecule has 1 heteroatoms. The molecule has 0 radical (unpaired) electrons.